The molecule has 0 fully saturated rings. The van der Waals surface area contributed by atoms with Crippen LogP contribution in [-0.4, -0.2) is 20.4 Å². The molecule has 128 heavy (non-hydrogen) atoms. The van der Waals surface area contributed by atoms with Gasteiger partial charge < -0.3 is 23.5 Å². The number of rotatable bonds is 5. The van der Waals surface area contributed by atoms with Crippen molar-refractivity contribution in [2.45, 2.75) is 78.6 Å². The van der Waals surface area contributed by atoms with Crippen LogP contribution in [-0.2, 0) is 16.2 Å². The molecule has 0 saturated heterocycles. The van der Waals surface area contributed by atoms with E-state index in [-0.39, 0.29) is 17.5 Å². The third-order valence-corrected chi connectivity index (χ3v) is 30.4. The quantitative estimate of drug-likeness (QED) is 0.160. The Balaban J connectivity index is 0.855. The standard InChI is InChI=1S/C120H88BN5S2/c1-118(2,3)79-59-89(71-29-13-10-14-30-71)116-91(61-79)77-35-27-33-73(55-77)75-47-53-103-93(57-75)94-58-76(48-54-104(94)122(103)82-37-17-12-18-38-82)74-34-28-36-78(56-74)92-62-80(119(4,5)6)60-90(72-31-15-11-16-32-72)117(92)126-108-66-84(124-102-44-24-20-40-86(102)96-68-98-88-42-22-26-46-112(88)128-114(98)70-106(96)124)50-52-100(108)121-99-51-49-83(65-107(99)125(116)109-63-81(120(7,8)9)64-110(126)115(109)121)123-101-43-23-19-39-85(101)95-67-97-87-41-21-25-45-111(87)127-113(97)69-105(95)123/h10-70H,1-9H3. The number of hydrogen-bond acceptors (Lipinski definition) is 4. The summed E-state index contributed by atoms with van der Waals surface area (Å²) in [6.45, 7) is 21.3. The Labute approximate surface area is 752 Å². The number of anilines is 6. The van der Waals surface area contributed by atoms with Gasteiger partial charge in [0.25, 0.3) is 6.71 Å². The van der Waals surface area contributed by atoms with Crippen molar-refractivity contribution in [3.8, 4) is 83.8 Å². The zero-order valence-electron chi connectivity index (χ0n) is 72.8. The van der Waals surface area contributed by atoms with Gasteiger partial charge in [0.15, 0.2) is 0 Å². The minimum absolute atomic E-state index is 0.280. The molecule has 5 aromatic heterocycles. The molecule has 18 aromatic carbocycles. The Hall–Kier alpha value is -14.5. The van der Waals surface area contributed by atoms with Gasteiger partial charge in [-0.25, -0.2) is 0 Å². The van der Waals surface area contributed by atoms with E-state index in [1.807, 2.05) is 22.7 Å². The molecule has 26 rings (SSSR count). The molecule has 0 atom stereocenters. The lowest BCUT2D eigenvalue weighted by Gasteiger charge is -2.47. The minimum atomic E-state index is -0.398. The van der Waals surface area contributed by atoms with Crippen molar-refractivity contribution in [3.05, 3.63) is 387 Å². The van der Waals surface area contributed by atoms with E-state index in [9.17, 15) is 0 Å². The highest BCUT2D eigenvalue weighted by Crippen LogP contribution is 2.58. The fourth-order valence-corrected chi connectivity index (χ4v) is 24.0. The first-order valence-electron chi connectivity index (χ1n) is 44.9. The molecule has 0 radical (unpaired) electrons. The van der Waals surface area contributed by atoms with Crippen molar-refractivity contribution in [2.75, 3.05) is 9.80 Å². The smallest absolute Gasteiger partial charge is 0.252 e. The first kappa shape index (κ1) is 74.9. The van der Waals surface area contributed by atoms with Crippen molar-refractivity contribution in [1.29, 1.82) is 0 Å². The molecule has 0 spiro atoms. The van der Waals surface area contributed by atoms with Gasteiger partial charge in [-0.1, -0.05) is 275 Å². The van der Waals surface area contributed by atoms with Gasteiger partial charge in [-0.05, 0) is 252 Å². The molecule has 0 amide bonds. The number of thiophene rings is 2. The minimum Gasteiger partial charge on any atom is -0.310 e. The van der Waals surface area contributed by atoms with E-state index >= 15 is 0 Å². The molecule has 8 heteroatoms. The predicted octanol–water partition coefficient (Wildman–Crippen LogP) is 32.0. The van der Waals surface area contributed by atoms with Crippen molar-refractivity contribution in [2.24, 2.45) is 0 Å². The molecule has 0 N–H and O–H groups in total. The van der Waals surface area contributed by atoms with E-state index in [4.69, 9.17) is 0 Å². The molecule has 0 unspecified atom stereocenters. The van der Waals surface area contributed by atoms with Crippen LogP contribution in [0.1, 0.15) is 79.0 Å². The maximum absolute atomic E-state index is 2.79. The average molecular weight is 1680 g/mol. The SMILES string of the molecule is CC(C)(C)c1cc(-c2ccccc2)c2c(c1)-c1cccc(c1)-c1ccc3c(c1)c1cc(ccc1n3-c1ccccc1)-c1cccc(c1)-c1cc(C(C)(C)C)cc(-c3ccccc3)c1N1c3cc(-n4c5ccccc5c5cc6c(cc54)sc4ccccc46)ccc3B3c4ccc(-n5c6ccccc6c6cc7c(cc65)sc5ccccc57)cc4N2c2cc(C(C)(C)C)cc1c23. The molecule has 608 valence electrons. The lowest BCUT2D eigenvalue weighted by atomic mass is 9.33. The van der Waals surface area contributed by atoms with Crippen LogP contribution in [0.25, 0.3) is 190 Å². The maximum Gasteiger partial charge on any atom is 0.252 e. The molecule has 0 aliphatic carbocycles. The summed E-state index contributed by atoms with van der Waals surface area (Å²) in [5.41, 5.74) is 37.2. The number of nitrogens with zero attached hydrogens (tertiary/aromatic N) is 5. The summed E-state index contributed by atoms with van der Waals surface area (Å²) < 4.78 is 12.8. The van der Waals surface area contributed by atoms with E-state index < -0.39 is 5.41 Å². The van der Waals surface area contributed by atoms with Crippen LogP contribution in [0.3, 0.4) is 0 Å². The van der Waals surface area contributed by atoms with Gasteiger partial charge in [-0.3, -0.25) is 0 Å². The zero-order chi connectivity index (χ0) is 85.6. The van der Waals surface area contributed by atoms with Gasteiger partial charge in [-0.15, -0.1) is 22.7 Å². The van der Waals surface area contributed by atoms with E-state index in [0.717, 1.165) is 140 Å². The van der Waals surface area contributed by atoms with Crippen LogP contribution in [0.2, 0.25) is 0 Å². The normalized spacial score (nSPS) is 13.1. The molecule has 5 nitrogen and oxygen atoms in total. The van der Waals surface area contributed by atoms with Crippen molar-refractivity contribution in [3.63, 3.8) is 0 Å². The molecule has 23 aromatic rings. The summed E-state index contributed by atoms with van der Waals surface area (Å²) in [6, 6.07) is 144. The summed E-state index contributed by atoms with van der Waals surface area (Å²) in [4.78, 5) is 5.58. The van der Waals surface area contributed by atoms with E-state index in [0.29, 0.717) is 0 Å². The topological polar surface area (TPSA) is 21.3 Å². The van der Waals surface area contributed by atoms with Gasteiger partial charge in [0.2, 0.25) is 0 Å². The summed E-state index contributed by atoms with van der Waals surface area (Å²) >= 11 is 3.78. The molecule has 13 bridgehead atoms. The molecule has 3 aliphatic rings. The van der Waals surface area contributed by atoms with Crippen LogP contribution in [0, 0.1) is 0 Å². The third kappa shape index (κ3) is 11.3. The third-order valence-electron chi connectivity index (χ3n) is 28.1. The molecular weight excluding hydrogens is 1590 g/mol. The zero-order valence-corrected chi connectivity index (χ0v) is 74.5. The Morgan fingerprint density at radius 1 is 0.211 bits per heavy atom. The summed E-state index contributed by atoms with van der Waals surface area (Å²) in [7, 11) is 0. The monoisotopic (exact) mass is 1670 g/mol. The van der Waals surface area contributed by atoms with Crippen LogP contribution in [0.5, 0.6) is 0 Å². The lowest BCUT2D eigenvalue weighted by Crippen LogP contribution is -2.61. The van der Waals surface area contributed by atoms with Gasteiger partial charge in [0.05, 0.1) is 44.5 Å². The van der Waals surface area contributed by atoms with Gasteiger partial charge in [0, 0.05) is 135 Å². The highest BCUT2D eigenvalue weighted by atomic mass is 32.1. The molecule has 3 aliphatic heterocycles. The Bertz CT molecular complexity index is 8240. The summed E-state index contributed by atoms with van der Waals surface area (Å²) in [5.74, 6) is 0. The number of fused-ring (bicyclic) bond motifs is 32. The number of hydrogen-bond donors (Lipinski definition) is 0. The van der Waals surface area contributed by atoms with Gasteiger partial charge >= 0.3 is 0 Å². The highest BCUT2D eigenvalue weighted by Gasteiger charge is 2.47. The first-order valence-corrected chi connectivity index (χ1v) is 46.6. The maximum atomic E-state index is 2.79. The Morgan fingerprint density at radius 2 is 0.555 bits per heavy atom. The number of para-hydroxylation sites is 3. The van der Waals surface area contributed by atoms with Crippen molar-refractivity contribution >= 4 is 186 Å². The van der Waals surface area contributed by atoms with Crippen LogP contribution in [0.4, 0.5) is 34.1 Å². The molecular formula is C120H88BN5S2. The van der Waals surface area contributed by atoms with Crippen LogP contribution >= 0.6 is 22.7 Å². The Kier molecular flexibility index (Phi) is 16.1. The fraction of sp³-hybridized carbons (Fsp3) is 0.100. The second-order valence-corrected chi connectivity index (χ2v) is 40.9. The molecule has 8 heterocycles. The van der Waals surface area contributed by atoms with Gasteiger partial charge in [0.1, 0.15) is 0 Å². The average Bonchev–Trinajstić information content (AvgIpc) is 0.695. The summed E-state index contributed by atoms with van der Waals surface area (Å²) in [6.07, 6.45) is 0. The second kappa shape index (κ2) is 27.5. The van der Waals surface area contributed by atoms with Crippen LogP contribution in [0.15, 0.2) is 370 Å². The van der Waals surface area contributed by atoms with Crippen molar-refractivity contribution < 1.29 is 0 Å². The highest BCUT2D eigenvalue weighted by molar-refractivity contribution is 7.26. The lowest BCUT2D eigenvalue weighted by molar-refractivity contribution is 0.590. The van der Waals surface area contributed by atoms with Crippen molar-refractivity contribution in [1.82, 2.24) is 13.7 Å². The fourth-order valence-electron chi connectivity index (χ4n) is 21.8. The predicted molar refractivity (Wildman–Crippen MR) is 552 cm³/mol. The Morgan fingerprint density at radius 3 is 0.992 bits per heavy atom. The summed E-state index contributed by atoms with van der Waals surface area (Å²) in [5, 5.41) is 12.5. The van der Waals surface area contributed by atoms with E-state index in [2.05, 4.69) is 456 Å². The first-order chi connectivity index (χ1) is 62.3. The second-order valence-electron chi connectivity index (χ2n) is 38.8. The van der Waals surface area contributed by atoms with Crippen LogP contribution < -0.4 is 26.2 Å². The number of aromatic nitrogens is 3. The molecule has 0 saturated carbocycles. The van der Waals surface area contributed by atoms with Gasteiger partial charge in [-0.2, -0.15) is 0 Å². The number of benzene rings is 18. The largest absolute Gasteiger partial charge is 0.310 e. The van der Waals surface area contributed by atoms with E-state index in [1.54, 1.807) is 0 Å². The van der Waals surface area contributed by atoms with E-state index in [1.165, 1.54) is 117 Å².